The third-order valence-corrected chi connectivity index (χ3v) is 7.10. The highest BCUT2D eigenvalue weighted by atomic mass is 79.9. The van der Waals surface area contributed by atoms with Gasteiger partial charge in [0, 0.05) is 17.8 Å². The molecule has 174 valence electrons. The van der Waals surface area contributed by atoms with Gasteiger partial charge in [-0.1, -0.05) is 42.5 Å². The first-order valence-electron chi connectivity index (χ1n) is 11.9. The lowest BCUT2D eigenvalue weighted by molar-refractivity contribution is 0.286. The molecule has 2 aliphatic rings. The molecule has 3 aromatic carbocycles. The van der Waals surface area contributed by atoms with Gasteiger partial charge in [0.2, 0.25) is 0 Å². The number of rotatable bonds is 7. The number of ether oxygens (including phenoxy) is 2. The van der Waals surface area contributed by atoms with E-state index in [4.69, 9.17) is 14.5 Å². The molecule has 0 aromatic heterocycles. The van der Waals surface area contributed by atoms with Crippen molar-refractivity contribution in [2.24, 2.45) is 10.9 Å². The van der Waals surface area contributed by atoms with Gasteiger partial charge in [0.25, 0.3) is 0 Å². The lowest BCUT2D eigenvalue weighted by Gasteiger charge is -2.37. The van der Waals surface area contributed by atoms with Crippen molar-refractivity contribution in [3.8, 4) is 11.5 Å². The summed E-state index contributed by atoms with van der Waals surface area (Å²) in [5.74, 6) is 2.48. The monoisotopic (exact) mass is 516 g/mol. The molecule has 0 spiro atoms. The van der Waals surface area contributed by atoms with E-state index >= 15 is 0 Å². The average Bonchev–Trinajstić information content (AvgIpc) is 3.35. The Hall–Kier alpha value is -3.05. The third-order valence-electron chi connectivity index (χ3n) is 6.51. The third kappa shape index (κ3) is 4.49. The summed E-state index contributed by atoms with van der Waals surface area (Å²) in [6.07, 6.45) is 7.67. The number of nitrogens with one attached hydrogen (secondary N) is 1. The fraction of sp³-hybridized carbons (Fsp3) is 0.276. The van der Waals surface area contributed by atoms with Crippen molar-refractivity contribution < 1.29 is 9.47 Å². The summed E-state index contributed by atoms with van der Waals surface area (Å²) < 4.78 is 12.4. The number of benzene rings is 3. The van der Waals surface area contributed by atoms with Crippen LogP contribution >= 0.6 is 15.9 Å². The van der Waals surface area contributed by atoms with E-state index in [-0.39, 0.29) is 0 Å². The first-order valence-corrected chi connectivity index (χ1v) is 12.7. The molecule has 3 atom stereocenters. The van der Waals surface area contributed by atoms with Gasteiger partial charge in [0.1, 0.15) is 0 Å². The van der Waals surface area contributed by atoms with Gasteiger partial charge in [-0.25, -0.2) is 0 Å². The minimum absolute atomic E-state index is 0.295. The molecule has 0 amide bonds. The maximum atomic E-state index is 5.78. The maximum absolute atomic E-state index is 5.78. The lowest BCUT2D eigenvalue weighted by atomic mass is 9.77. The quantitative estimate of drug-likeness (QED) is 0.257. The second-order valence-electron chi connectivity index (χ2n) is 8.61. The zero-order chi connectivity index (χ0) is 23.5. The standard InChI is InChI=1S/C29H29BrN2O2/c1-3-33-27-17-19(16-25(30)29(27)34-4-2)18-31-21-14-12-20(13-15-21)28-24-10-7-9-22(24)23-8-5-6-11-26(23)32-28/h5-9,11-18,22,24,28,32H,3-4,10H2,1-2H3/t22-,24-,28-/m0/s1. The number of hydrogen-bond donors (Lipinski definition) is 1. The molecule has 4 nitrogen and oxygen atoms in total. The smallest absolute Gasteiger partial charge is 0.175 e. The fourth-order valence-corrected chi connectivity index (χ4v) is 5.57. The molecule has 0 unspecified atom stereocenters. The van der Waals surface area contributed by atoms with Gasteiger partial charge in [-0.05, 0) is 89.1 Å². The molecular weight excluding hydrogens is 488 g/mol. The van der Waals surface area contributed by atoms with Crippen molar-refractivity contribution in [3.05, 3.63) is 94.0 Å². The maximum Gasteiger partial charge on any atom is 0.175 e. The molecule has 1 aliphatic heterocycles. The number of halogens is 1. The van der Waals surface area contributed by atoms with Crippen LogP contribution in [-0.4, -0.2) is 19.4 Å². The zero-order valence-corrected chi connectivity index (χ0v) is 21.1. The summed E-state index contributed by atoms with van der Waals surface area (Å²) in [6, 6.07) is 21.5. The lowest BCUT2D eigenvalue weighted by Crippen LogP contribution is -2.28. The first-order chi connectivity index (χ1) is 16.7. The molecule has 0 radical (unpaired) electrons. The SMILES string of the molecule is CCOc1cc(C=Nc2ccc([C@@H]3Nc4ccccc4[C@@H]4C=CC[C@@H]43)cc2)cc(Br)c1OCC. The van der Waals surface area contributed by atoms with E-state index in [1.807, 2.05) is 32.2 Å². The summed E-state index contributed by atoms with van der Waals surface area (Å²) in [4.78, 5) is 4.71. The topological polar surface area (TPSA) is 42.8 Å². The van der Waals surface area contributed by atoms with Crippen LogP contribution in [0, 0.1) is 5.92 Å². The summed E-state index contributed by atoms with van der Waals surface area (Å²) >= 11 is 3.60. The fourth-order valence-electron chi connectivity index (χ4n) is 5.00. The molecule has 5 rings (SSSR count). The Bertz CT molecular complexity index is 1220. The van der Waals surface area contributed by atoms with Gasteiger partial charge < -0.3 is 14.8 Å². The number of anilines is 1. The van der Waals surface area contributed by atoms with E-state index in [9.17, 15) is 0 Å². The number of nitrogens with zero attached hydrogens (tertiary/aromatic N) is 1. The van der Waals surface area contributed by atoms with Crippen LogP contribution in [0.15, 0.2) is 82.3 Å². The van der Waals surface area contributed by atoms with E-state index in [0.29, 0.717) is 31.1 Å². The average molecular weight is 517 g/mol. The highest BCUT2D eigenvalue weighted by molar-refractivity contribution is 9.10. The van der Waals surface area contributed by atoms with E-state index in [1.165, 1.54) is 16.8 Å². The van der Waals surface area contributed by atoms with Crippen LogP contribution in [0.1, 0.15) is 48.9 Å². The van der Waals surface area contributed by atoms with E-state index < -0.39 is 0 Å². The Morgan fingerprint density at radius 3 is 2.62 bits per heavy atom. The molecule has 1 N–H and O–H groups in total. The van der Waals surface area contributed by atoms with Crippen molar-refractivity contribution in [2.45, 2.75) is 32.2 Å². The Morgan fingerprint density at radius 1 is 1.03 bits per heavy atom. The minimum atomic E-state index is 0.295. The van der Waals surface area contributed by atoms with Gasteiger partial charge in [0.15, 0.2) is 11.5 Å². The van der Waals surface area contributed by atoms with E-state index in [1.54, 1.807) is 0 Å². The molecule has 1 aliphatic carbocycles. The van der Waals surface area contributed by atoms with Gasteiger partial charge in [0.05, 0.1) is 29.4 Å². The largest absolute Gasteiger partial charge is 0.490 e. The van der Waals surface area contributed by atoms with Crippen LogP contribution in [0.3, 0.4) is 0 Å². The molecule has 34 heavy (non-hydrogen) atoms. The predicted octanol–water partition coefficient (Wildman–Crippen LogP) is 7.82. The molecule has 1 heterocycles. The van der Waals surface area contributed by atoms with Crippen molar-refractivity contribution >= 4 is 33.5 Å². The van der Waals surface area contributed by atoms with Crippen LogP contribution in [0.2, 0.25) is 0 Å². The number of para-hydroxylation sites is 1. The normalized spacial score (nSPS) is 20.6. The number of allylic oxidation sites excluding steroid dienone is 2. The van der Waals surface area contributed by atoms with Crippen LogP contribution < -0.4 is 14.8 Å². The molecule has 0 saturated heterocycles. The van der Waals surface area contributed by atoms with Crippen LogP contribution in [0.4, 0.5) is 11.4 Å². The Labute approximate surface area is 209 Å². The summed E-state index contributed by atoms with van der Waals surface area (Å²) in [6.45, 7) is 5.09. The molecule has 0 fully saturated rings. The Balaban J connectivity index is 1.35. The van der Waals surface area contributed by atoms with E-state index in [2.05, 4.69) is 81.9 Å². The van der Waals surface area contributed by atoms with Crippen molar-refractivity contribution in [1.29, 1.82) is 0 Å². The summed E-state index contributed by atoms with van der Waals surface area (Å²) in [5.41, 5.74) is 5.83. The number of aliphatic imine (C=N–C) groups is 1. The molecular formula is C29H29BrN2O2. The highest BCUT2D eigenvalue weighted by Crippen LogP contribution is 2.49. The van der Waals surface area contributed by atoms with Gasteiger partial charge in [-0.15, -0.1) is 0 Å². The van der Waals surface area contributed by atoms with Gasteiger partial charge in [-0.2, -0.15) is 0 Å². The van der Waals surface area contributed by atoms with Crippen LogP contribution in [0.5, 0.6) is 11.5 Å². The molecule has 5 heteroatoms. The second-order valence-corrected chi connectivity index (χ2v) is 9.46. The van der Waals surface area contributed by atoms with Gasteiger partial charge >= 0.3 is 0 Å². The Kier molecular flexibility index (Phi) is 6.73. The number of hydrogen-bond acceptors (Lipinski definition) is 4. The summed E-state index contributed by atoms with van der Waals surface area (Å²) in [5, 5.41) is 3.79. The molecule has 3 aromatic rings. The highest BCUT2D eigenvalue weighted by Gasteiger charge is 2.37. The summed E-state index contributed by atoms with van der Waals surface area (Å²) in [7, 11) is 0. The second kappa shape index (κ2) is 10.1. The Morgan fingerprint density at radius 2 is 1.82 bits per heavy atom. The minimum Gasteiger partial charge on any atom is -0.490 e. The number of fused-ring (bicyclic) bond motifs is 3. The molecule has 0 bridgehead atoms. The predicted molar refractivity (Wildman–Crippen MR) is 143 cm³/mol. The zero-order valence-electron chi connectivity index (χ0n) is 19.5. The molecule has 0 saturated carbocycles. The van der Waals surface area contributed by atoms with Crippen LogP contribution in [-0.2, 0) is 0 Å². The van der Waals surface area contributed by atoms with Crippen molar-refractivity contribution in [3.63, 3.8) is 0 Å². The van der Waals surface area contributed by atoms with Crippen molar-refractivity contribution in [2.75, 3.05) is 18.5 Å². The first kappa shape index (κ1) is 22.7. The van der Waals surface area contributed by atoms with Crippen molar-refractivity contribution in [1.82, 2.24) is 0 Å². The van der Waals surface area contributed by atoms with E-state index in [0.717, 1.165) is 33.6 Å². The van der Waals surface area contributed by atoms with Gasteiger partial charge in [-0.3, -0.25) is 4.99 Å². The van der Waals surface area contributed by atoms with Crippen LogP contribution in [0.25, 0.3) is 0 Å².